The summed E-state index contributed by atoms with van der Waals surface area (Å²) in [6, 6.07) is 25.6. The maximum absolute atomic E-state index is 7.96. The number of allylic oxidation sites excluding steroid dienone is 1. The second kappa shape index (κ2) is 9.23. The summed E-state index contributed by atoms with van der Waals surface area (Å²) in [5.74, 6) is 0.868. The molecule has 0 heterocycles. The minimum absolute atomic E-state index is 0.0268. The molecule has 3 aromatic carbocycles. The molecule has 0 bridgehead atoms. The first kappa shape index (κ1) is 25.4. The number of ether oxygens (including phenoxy) is 1. The molecule has 3 aromatic rings. The van der Waals surface area contributed by atoms with Crippen LogP contribution in [0.3, 0.4) is 0 Å². The van der Waals surface area contributed by atoms with Crippen molar-refractivity contribution < 1.29 is 25.1 Å². The van der Waals surface area contributed by atoms with Crippen LogP contribution < -0.4 is 0 Å². The van der Waals surface area contributed by atoms with Gasteiger partial charge in [0.25, 0.3) is 0 Å². The van der Waals surface area contributed by atoms with Crippen LogP contribution in [0.4, 0.5) is 0 Å². The summed E-state index contributed by atoms with van der Waals surface area (Å²) < 4.78 is 14.4. The third-order valence-corrected chi connectivity index (χ3v) is 27.3. The van der Waals surface area contributed by atoms with E-state index in [1.165, 1.54) is 27.8 Å². The summed E-state index contributed by atoms with van der Waals surface area (Å²) in [6.45, 7) is 9.73. The number of benzene rings is 3. The number of fused-ring (bicyclic) bond motifs is 4. The summed E-state index contributed by atoms with van der Waals surface area (Å²) in [5.41, 5.74) is 7.23. The molecule has 0 spiro atoms. The molecule has 0 radical (unpaired) electrons. The van der Waals surface area contributed by atoms with E-state index >= 15 is 0 Å². The van der Waals surface area contributed by atoms with Crippen molar-refractivity contribution in [3.05, 3.63) is 101 Å². The Morgan fingerprint density at radius 3 is 1.83 bits per heavy atom. The van der Waals surface area contributed by atoms with E-state index in [0.29, 0.717) is 13.2 Å². The van der Waals surface area contributed by atoms with Crippen molar-refractivity contribution in [2.75, 3.05) is 13.2 Å². The molecule has 0 aromatic heterocycles. The van der Waals surface area contributed by atoms with Crippen molar-refractivity contribution in [3.63, 3.8) is 0 Å². The molecule has 0 fully saturated rings. The molecule has 1 atom stereocenters. The summed E-state index contributed by atoms with van der Waals surface area (Å²) in [7, 11) is 14.3. The van der Waals surface area contributed by atoms with Gasteiger partial charge in [-0.25, -0.2) is 0 Å². The Morgan fingerprint density at radius 1 is 0.771 bits per heavy atom. The Bertz CT molecular complexity index is 1340. The average molecular weight is 603 g/mol. The molecule has 0 amide bonds. The Balaban J connectivity index is 1.60. The molecule has 0 saturated heterocycles. The summed E-state index contributed by atoms with van der Waals surface area (Å²) in [5, 5.41) is 0. The van der Waals surface area contributed by atoms with Crippen LogP contribution in [-0.4, -0.2) is 25.2 Å². The fourth-order valence-electron chi connectivity index (χ4n) is 5.68. The Hall–Kier alpha value is -1.29. The standard InChI is InChI=1S/C14H19O2Si.C13H9.C2H4.2ClH.Zr/c1-17(2,3)16-11-10-15-14-9-8-12-6-4-5-7-13(12)14;1-3-7-12-10(5-1)9-11-6-2-4-8-13(11)12;1-2;;;/h4-9H,10-11H2,1-3H3;1-9H;1H,2H3;2*1H;/q;;;;;+2/p-2. The van der Waals surface area contributed by atoms with Gasteiger partial charge in [-0.2, -0.15) is 0 Å². The molecule has 1 unspecified atom stereocenters. The zero-order chi connectivity index (χ0) is 24.9. The summed E-state index contributed by atoms with van der Waals surface area (Å²) in [4.78, 5) is 0. The molecule has 2 nitrogen and oxygen atoms in total. The Labute approximate surface area is 217 Å². The van der Waals surface area contributed by atoms with Gasteiger partial charge in [0.2, 0.25) is 0 Å². The van der Waals surface area contributed by atoms with Crippen molar-refractivity contribution in [1.29, 1.82) is 0 Å². The maximum atomic E-state index is 7.96. The topological polar surface area (TPSA) is 18.5 Å². The van der Waals surface area contributed by atoms with Crippen molar-refractivity contribution in [2.24, 2.45) is 0 Å². The van der Waals surface area contributed by atoms with E-state index in [4.69, 9.17) is 26.2 Å². The summed E-state index contributed by atoms with van der Waals surface area (Å²) >= 11 is -4.78. The molecule has 6 heteroatoms. The van der Waals surface area contributed by atoms with Gasteiger partial charge in [-0.3, -0.25) is 0 Å². The van der Waals surface area contributed by atoms with Crippen LogP contribution in [0.5, 0.6) is 0 Å². The van der Waals surface area contributed by atoms with Crippen LogP contribution in [0.15, 0.2) is 78.9 Å². The number of halogens is 2. The van der Waals surface area contributed by atoms with E-state index in [-0.39, 0.29) is 7.25 Å². The van der Waals surface area contributed by atoms with Crippen molar-refractivity contribution in [3.8, 4) is 11.1 Å². The van der Waals surface area contributed by atoms with Gasteiger partial charge in [0, 0.05) is 0 Å². The predicted molar refractivity (Wildman–Crippen MR) is 150 cm³/mol. The van der Waals surface area contributed by atoms with E-state index in [0.717, 1.165) is 11.3 Å². The molecule has 182 valence electrons. The zero-order valence-electron chi connectivity index (χ0n) is 20.7. The number of hydrogen-bond acceptors (Lipinski definition) is 2. The molecular formula is C29H32Cl2O2SiZr. The number of hydrogen-bond donors (Lipinski definition) is 0. The molecule has 0 N–H and O–H groups in total. The molecule has 0 saturated carbocycles. The van der Waals surface area contributed by atoms with Crippen molar-refractivity contribution in [2.45, 2.75) is 33.8 Å². The van der Waals surface area contributed by atoms with Gasteiger partial charge in [-0.15, -0.1) is 0 Å². The van der Waals surface area contributed by atoms with E-state index < -0.39 is 24.2 Å². The second-order valence-electron chi connectivity index (χ2n) is 10.5. The molecule has 5 rings (SSSR count). The Kier molecular flexibility index (Phi) is 6.69. The van der Waals surface area contributed by atoms with Crippen LogP contribution in [0.1, 0.15) is 36.4 Å². The third-order valence-electron chi connectivity index (χ3n) is 7.29. The first-order chi connectivity index (χ1) is 16.6. The van der Waals surface area contributed by atoms with Crippen LogP contribution in [0.2, 0.25) is 19.6 Å². The molecule has 2 aliphatic rings. The predicted octanol–water partition coefficient (Wildman–Crippen LogP) is 8.54. The van der Waals surface area contributed by atoms with Crippen molar-refractivity contribution >= 4 is 34.8 Å². The Morgan fingerprint density at radius 2 is 1.29 bits per heavy atom. The normalized spacial score (nSPS) is 17.5. The monoisotopic (exact) mass is 600 g/mol. The van der Waals surface area contributed by atoms with Gasteiger partial charge in [-0.05, 0) is 0 Å². The minimum atomic E-state index is -4.78. The SMILES string of the molecule is C[CH]=[Zr]([Cl])([Cl])([CH]1C=C(OCCO[Si](C)(C)C)c2ccccc21)[CH]1c2ccccc2-c2ccccc21. The van der Waals surface area contributed by atoms with Gasteiger partial charge in [-0.1, -0.05) is 0 Å². The average Bonchev–Trinajstić information content (AvgIpc) is 3.39. The van der Waals surface area contributed by atoms with Crippen LogP contribution in [-0.2, 0) is 25.1 Å². The third kappa shape index (κ3) is 4.40. The molecule has 2 aliphatic carbocycles. The summed E-state index contributed by atoms with van der Waals surface area (Å²) in [6.07, 6.45) is 2.20. The number of rotatable bonds is 7. The van der Waals surface area contributed by atoms with Crippen LogP contribution >= 0.6 is 17.0 Å². The van der Waals surface area contributed by atoms with E-state index in [1.807, 2.05) is 0 Å². The van der Waals surface area contributed by atoms with Gasteiger partial charge < -0.3 is 0 Å². The molecule has 35 heavy (non-hydrogen) atoms. The van der Waals surface area contributed by atoms with Crippen LogP contribution in [0, 0.1) is 0 Å². The van der Waals surface area contributed by atoms with Crippen molar-refractivity contribution in [1.82, 2.24) is 0 Å². The molecular weight excluding hydrogens is 571 g/mol. The fourth-order valence-corrected chi connectivity index (χ4v) is 21.3. The van der Waals surface area contributed by atoms with E-state index in [9.17, 15) is 0 Å². The van der Waals surface area contributed by atoms with E-state index in [1.54, 1.807) is 0 Å². The van der Waals surface area contributed by atoms with Gasteiger partial charge in [0.15, 0.2) is 0 Å². The van der Waals surface area contributed by atoms with Gasteiger partial charge >= 0.3 is 219 Å². The zero-order valence-corrected chi connectivity index (χ0v) is 25.7. The fraction of sp³-hybridized carbons (Fsp3) is 0.276. The van der Waals surface area contributed by atoms with Gasteiger partial charge in [0.05, 0.1) is 0 Å². The molecule has 0 aliphatic heterocycles. The first-order valence-corrected chi connectivity index (χ1v) is 26.3. The van der Waals surface area contributed by atoms with Gasteiger partial charge in [0.1, 0.15) is 0 Å². The quantitative estimate of drug-likeness (QED) is 0.199. The second-order valence-corrected chi connectivity index (χ2v) is 36.6. The van der Waals surface area contributed by atoms with Crippen LogP contribution in [0.25, 0.3) is 16.9 Å². The first-order valence-electron chi connectivity index (χ1n) is 12.3. The van der Waals surface area contributed by atoms with E-state index in [2.05, 4.69) is 109 Å².